The molecular weight excluding hydrogens is 352 g/mol. The molecule has 1 aromatic heterocycles. The summed E-state index contributed by atoms with van der Waals surface area (Å²) in [6, 6.07) is 9.98. The van der Waals surface area contributed by atoms with Crippen molar-refractivity contribution in [1.29, 1.82) is 0 Å². The molecule has 0 radical (unpaired) electrons. The van der Waals surface area contributed by atoms with Crippen molar-refractivity contribution >= 4 is 17.3 Å². The zero-order chi connectivity index (χ0) is 19.9. The van der Waals surface area contributed by atoms with Crippen molar-refractivity contribution in [2.24, 2.45) is 0 Å². The number of carbonyl (C=O) groups excluding carboxylic acids is 1. The molecule has 1 saturated heterocycles. The quantitative estimate of drug-likeness (QED) is 0.735. The average Bonchev–Trinajstić information content (AvgIpc) is 2.77. The molecule has 1 fully saturated rings. The van der Waals surface area contributed by atoms with E-state index in [1.165, 1.54) is 0 Å². The Morgan fingerprint density at radius 2 is 1.93 bits per heavy atom. The Kier molecular flexibility index (Phi) is 6.74. The fourth-order valence-corrected chi connectivity index (χ4v) is 3.50. The summed E-state index contributed by atoms with van der Waals surface area (Å²) >= 11 is 0. The largest absolute Gasteiger partial charge is 0.495 e. The number of aromatic nitrogens is 1. The SMILES string of the molecule is CCCCN(C)c1cncc(C(=O)N2CCN(c3ccccc3OC)CC2)c1. The number of methoxy groups -OCH3 is 1. The van der Waals surface area contributed by atoms with Crippen molar-refractivity contribution < 1.29 is 9.53 Å². The van der Waals surface area contributed by atoms with Gasteiger partial charge in [0.15, 0.2) is 0 Å². The molecule has 6 nitrogen and oxygen atoms in total. The number of carbonyl (C=O) groups is 1. The molecule has 0 unspecified atom stereocenters. The van der Waals surface area contributed by atoms with Crippen LogP contribution in [0.15, 0.2) is 42.7 Å². The fraction of sp³-hybridized carbons (Fsp3) is 0.455. The third-order valence-corrected chi connectivity index (χ3v) is 5.25. The first-order valence-corrected chi connectivity index (χ1v) is 9.97. The number of hydrogen-bond acceptors (Lipinski definition) is 5. The summed E-state index contributed by atoms with van der Waals surface area (Å²) in [5.41, 5.74) is 2.73. The maximum atomic E-state index is 13.0. The van der Waals surface area contributed by atoms with Crippen molar-refractivity contribution in [3.63, 3.8) is 0 Å². The van der Waals surface area contributed by atoms with Crippen molar-refractivity contribution in [3.05, 3.63) is 48.3 Å². The van der Waals surface area contributed by atoms with E-state index in [0.29, 0.717) is 18.7 Å². The molecule has 1 amide bonds. The van der Waals surface area contributed by atoms with Gasteiger partial charge in [-0.15, -0.1) is 0 Å². The van der Waals surface area contributed by atoms with Gasteiger partial charge < -0.3 is 19.4 Å². The zero-order valence-electron chi connectivity index (χ0n) is 17.1. The van der Waals surface area contributed by atoms with E-state index in [4.69, 9.17) is 4.74 Å². The van der Waals surface area contributed by atoms with E-state index in [-0.39, 0.29) is 5.91 Å². The van der Waals surface area contributed by atoms with Crippen LogP contribution in [0.1, 0.15) is 30.1 Å². The van der Waals surface area contributed by atoms with Crippen LogP contribution in [0.25, 0.3) is 0 Å². The van der Waals surface area contributed by atoms with Gasteiger partial charge in [-0.1, -0.05) is 25.5 Å². The second-order valence-corrected chi connectivity index (χ2v) is 7.16. The Morgan fingerprint density at radius 1 is 1.18 bits per heavy atom. The average molecular weight is 383 g/mol. The van der Waals surface area contributed by atoms with Gasteiger partial charge in [0.25, 0.3) is 5.91 Å². The number of nitrogens with zero attached hydrogens (tertiary/aromatic N) is 4. The van der Waals surface area contributed by atoms with Gasteiger partial charge >= 0.3 is 0 Å². The number of piperazine rings is 1. The van der Waals surface area contributed by atoms with E-state index in [9.17, 15) is 4.79 Å². The lowest BCUT2D eigenvalue weighted by molar-refractivity contribution is 0.0746. The van der Waals surface area contributed by atoms with Gasteiger partial charge in [-0.3, -0.25) is 9.78 Å². The standard InChI is InChI=1S/C22H30N4O2/c1-4-5-10-24(2)19-15-18(16-23-17-19)22(27)26-13-11-25(12-14-26)20-8-6-7-9-21(20)28-3/h6-9,15-17H,4-5,10-14H2,1-3H3. The highest BCUT2D eigenvalue weighted by atomic mass is 16.5. The number of benzene rings is 1. The van der Waals surface area contributed by atoms with Crippen LogP contribution in [0.4, 0.5) is 11.4 Å². The minimum Gasteiger partial charge on any atom is -0.495 e. The normalized spacial score (nSPS) is 14.1. The number of anilines is 2. The molecule has 6 heteroatoms. The second kappa shape index (κ2) is 9.44. The predicted octanol–water partition coefficient (Wildman–Crippen LogP) is 3.29. The molecule has 0 spiro atoms. The highest BCUT2D eigenvalue weighted by Gasteiger charge is 2.24. The van der Waals surface area contributed by atoms with Crippen LogP contribution in [0.2, 0.25) is 0 Å². The number of hydrogen-bond donors (Lipinski definition) is 0. The summed E-state index contributed by atoms with van der Waals surface area (Å²) in [4.78, 5) is 23.6. The smallest absolute Gasteiger partial charge is 0.255 e. The molecule has 0 N–H and O–H groups in total. The number of amides is 1. The summed E-state index contributed by atoms with van der Waals surface area (Å²) in [5, 5.41) is 0. The van der Waals surface area contributed by atoms with Crippen LogP contribution in [0.3, 0.4) is 0 Å². The van der Waals surface area contributed by atoms with Gasteiger partial charge in [-0.2, -0.15) is 0 Å². The van der Waals surface area contributed by atoms with Gasteiger partial charge in [0.05, 0.1) is 30.2 Å². The van der Waals surface area contributed by atoms with E-state index in [1.54, 1.807) is 13.3 Å². The van der Waals surface area contributed by atoms with Crippen LogP contribution < -0.4 is 14.5 Å². The zero-order valence-corrected chi connectivity index (χ0v) is 17.1. The number of para-hydroxylation sites is 2. The number of rotatable bonds is 7. The molecule has 3 rings (SSSR count). The predicted molar refractivity (Wildman–Crippen MR) is 114 cm³/mol. The van der Waals surface area contributed by atoms with E-state index >= 15 is 0 Å². The van der Waals surface area contributed by atoms with Gasteiger partial charge in [-0.25, -0.2) is 0 Å². The van der Waals surface area contributed by atoms with Crippen LogP contribution in [-0.2, 0) is 0 Å². The summed E-state index contributed by atoms with van der Waals surface area (Å²) in [6.07, 6.45) is 5.77. The summed E-state index contributed by atoms with van der Waals surface area (Å²) in [6.45, 7) is 6.09. The molecule has 1 aliphatic rings. The Balaban J connectivity index is 1.64. The van der Waals surface area contributed by atoms with Crippen molar-refractivity contribution in [2.75, 3.05) is 56.7 Å². The molecule has 2 aromatic rings. The Labute approximate surface area is 167 Å². The minimum absolute atomic E-state index is 0.0536. The molecule has 1 aromatic carbocycles. The van der Waals surface area contributed by atoms with Crippen LogP contribution >= 0.6 is 0 Å². The molecule has 0 bridgehead atoms. The second-order valence-electron chi connectivity index (χ2n) is 7.16. The molecule has 0 saturated carbocycles. The third kappa shape index (κ3) is 4.55. The lowest BCUT2D eigenvalue weighted by Crippen LogP contribution is -2.48. The number of pyridine rings is 1. The molecule has 0 atom stereocenters. The molecule has 28 heavy (non-hydrogen) atoms. The lowest BCUT2D eigenvalue weighted by atomic mass is 10.2. The summed E-state index contributed by atoms with van der Waals surface area (Å²) in [7, 11) is 3.74. The molecule has 0 aliphatic carbocycles. The van der Waals surface area contributed by atoms with Crippen molar-refractivity contribution in [1.82, 2.24) is 9.88 Å². The maximum absolute atomic E-state index is 13.0. The van der Waals surface area contributed by atoms with E-state index in [0.717, 1.165) is 49.6 Å². The monoisotopic (exact) mass is 382 g/mol. The highest BCUT2D eigenvalue weighted by Crippen LogP contribution is 2.28. The molecule has 1 aliphatic heterocycles. The van der Waals surface area contributed by atoms with Gasteiger partial charge in [-0.05, 0) is 24.6 Å². The van der Waals surface area contributed by atoms with Crippen LogP contribution in [-0.4, -0.2) is 62.7 Å². The van der Waals surface area contributed by atoms with Crippen LogP contribution in [0, 0.1) is 0 Å². The molecule has 150 valence electrons. The third-order valence-electron chi connectivity index (χ3n) is 5.25. The molecule has 2 heterocycles. The van der Waals surface area contributed by atoms with E-state index in [1.807, 2.05) is 42.4 Å². The highest BCUT2D eigenvalue weighted by molar-refractivity contribution is 5.95. The Bertz CT molecular complexity index is 788. The van der Waals surface area contributed by atoms with Crippen LogP contribution in [0.5, 0.6) is 5.75 Å². The fourth-order valence-electron chi connectivity index (χ4n) is 3.50. The summed E-state index contributed by atoms with van der Waals surface area (Å²) in [5.74, 6) is 0.923. The van der Waals surface area contributed by atoms with Gasteiger partial charge in [0, 0.05) is 46.0 Å². The maximum Gasteiger partial charge on any atom is 0.255 e. The lowest BCUT2D eigenvalue weighted by Gasteiger charge is -2.36. The van der Waals surface area contributed by atoms with Gasteiger partial charge in [0.2, 0.25) is 0 Å². The molecular formula is C22H30N4O2. The first-order chi connectivity index (χ1) is 13.6. The first kappa shape index (κ1) is 20.0. The minimum atomic E-state index is 0.0536. The number of ether oxygens (including phenoxy) is 1. The van der Waals surface area contributed by atoms with E-state index in [2.05, 4.69) is 27.8 Å². The summed E-state index contributed by atoms with van der Waals surface area (Å²) < 4.78 is 5.47. The topological polar surface area (TPSA) is 48.9 Å². The Hall–Kier alpha value is -2.76. The number of unbranched alkanes of at least 4 members (excludes halogenated alkanes) is 1. The van der Waals surface area contributed by atoms with Gasteiger partial charge in [0.1, 0.15) is 5.75 Å². The first-order valence-electron chi connectivity index (χ1n) is 9.97. The van der Waals surface area contributed by atoms with E-state index < -0.39 is 0 Å². The Morgan fingerprint density at radius 3 is 2.64 bits per heavy atom. The van der Waals surface area contributed by atoms with Crippen molar-refractivity contribution in [3.8, 4) is 5.75 Å². The van der Waals surface area contributed by atoms with Crippen molar-refractivity contribution in [2.45, 2.75) is 19.8 Å².